The molecule has 0 aliphatic carbocycles. The van der Waals surface area contributed by atoms with Crippen molar-refractivity contribution < 1.29 is 28.6 Å². The van der Waals surface area contributed by atoms with E-state index < -0.39 is 11.9 Å². The number of carbonyl (C=O) groups excluding carboxylic acids is 3. The number of amides is 2. The van der Waals surface area contributed by atoms with Crippen LogP contribution in [0, 0.1) is 6.92 Å². The van der Waals surface area contributed by atoms with Crippen molar-refractivity contribution in [1.29, 1.82) is 0 Å². The van der Waals surface area contributed by atoms with E-state index in [1.54, 1.807) is 43.9 Å². The summed E-state index contributed by atoms with van der Waals surface area (Å²) in [6.07, 6.45) is -0.360. The molecule has 0 saturated carbocycles. The number of rotatable bonds is 9. The Labute approximate surface area is 192 Å². The van der Waals surface area contributed by atoms with Crippen molar-refractivity contribution in [1.82, 2.24) is 4.90 Å². The van der Waals surface area contributed by atoms with E-state index in [-0.39, 0.29) is 28.1 Å². The molecular weight excluding hydrogens is 432 g/mol. The summed E-state index contributed by atoms with van der Waals surface area (Å²) in [5.41, 5.74) is 0.824. The second kappa shape index (κ2) is 11.0. The summed E-state index contributed by atoms with van der Waals surface area (Å²) < 4.78 is 16.0. The largest absolute Gasteiger partial charge is 0.496 e. The van der Waals surface area contributed by atoms with Gasteiger partial charge in [0.25, 0.3) is 11.8 Å². The summed E-state index contributed by atoms with van der Waals surface area (Å²) in [7, 11) is 2.90. The average Bonchev–Trinajstić information content (AvgIpc) is 3.08. The van der Waals surface area contributed by atoms with Crippen molar-refractivity contribution in [2.24, 2.45) is 0 Å². The summed E-state index contributed by atoms with van der Waals surface area (Å²) in [6, 6.07) is 4.98. The Morgan fingerprint density at radius 2 is 1.59 bits per heavy atom. The average molecular weight is 463 g/mol. The lowest BCUT2D eigenvalue weighted by atomic mass is 10.1. The molecule has 0 aliphatic heterocycles. The molecule has 1 N–H and O–H groups in total. The van der Waals surface area contributed by atoms with Crippen molar-refractivity contribution in [2.45, 2.75) is 40.7 Å². The summed E-state index contributed by atoms with van der Waals surface area (Å²) in [5, 5.41) is 3.01. The maximum Gasteiger partial charge on any atom is 0.341 e. The highest BCUT2D eigenvalue weighted by molar-refractivity contribution is 7.18. The Hall–Kier alpha value is -3.07. The topological polar surface area (TPSA) is 94.2 Å². The van der Waals surface area contributed by atoms with Gasteiger partial charge in [-0.2, -0.15) is 0 Å². The third kappa shape index (κ3) is 5.21. The van der Waals surface area contributed by atoms with Gasteiger partial charge in [0.2, 0.25) is 0 Å². The number of anilines is 1. The van der Waals surface area contributed by atoms with Crippen LogP contribution in [-0.4, -0.2) is 56.1 Å². The first-order valence-corrected chi connectivity index (χ1v) is 11.2. The van der Waals surface area contributed by atoms with Crippen molar-refractivity contribution in [3.8, 4) is 11.5 Å². The van der Waals surface area contributed by atoms with Crippen LogP contribution in [0.3, 0.4) is 0 Å². The van der Waals surface area contributed by atoms with Crippen LogP contribution in [0.1, 0.15) is 63.6 Å². The zero-order valence-electron chi connectivity index (χ0n) is 19.5. The fourth-order valence-corrected chi connectivity index (χ4v) is 4.38. The summed E-state index contributed by atoms with van der Waals surface area (Å²) in [6.45, 7) is 9.98. The SMILES string of the molecule is CCN(CC)C(=O)c1sc(NC(=O)c2c(OC)cccc2OC)c(C(=O)OC(C)C)c1C. The van der Waals surface area contributed by atoms with Crippen molar-refractivity contribution in [3.05, 3.63) is 39.8 Å². The number of nitrogens with one attached hydrogen (secondary N) is 1. The number of benzene rings is 1. The smallest absolute Gasteiger partial charge is 0.341 e. The number of methoxy groups -OCH3 is 2. The number of nitrogens with zero attached hydrogens (tertiary/aromatic N) is 1. The molecule has 2 amide bonds. The molecule has 32 heavy (non-hydrogen) atoms. The van der Waals surface area contributed by atoms with Crippen LogP contribution in [0.4, 0.5) is 5.00 Å². The minimum absolute atomic E-state index is 0.168. The molecule has 0 fully saturated rings. The molecule has 0 saturated heterocycles. The quantitative estimate of drug-likeness (QED) is 0.556. The van der Waals surface area contributed by atoms with Crippen LogP contribution in [0.25, 0.3) is 0 Å². The highest BCUT2D eigenvalue weighted by Gasteiger charge is 2.30. The highest BCUT2D eigenvalue weighted by atomic mass is 32.1. The zero-order valence-corrected chi connectivity index (χ0v) is 20.3. The van der Waals surface area contributed by atoms with Gasteiger partial charge >= 0.3 is 5.97 Å². The van der Waals surface area contributed by atoms with Crippen LogP contribution in [0.2, 0.25) is 0 Å². The molecule has 0 unspecified atom stereocenters. The Morgan fingerprint density at radius 1 is 1.03 bits per heavy atom. The first-order chi connectivity index (χ1) is 15.2. The second-order valence-corrected chi connectivity index (χ2v) is 8.20. The van der Waals surface area contributed by atoms with Gasteiger partial charge in [-0.25, -0.2) is 4.79 Å². The number of hydrogen-bond donors (Lipinski definition) is 1. The van der Waals surface area contributed by atoms with E-state index in [2.05, 4.69) is 5.32 Å². The van der Waals surface area contributed by atoms with E-state index in [1.807, 2.05) is 13.8 Å². The molecule has 1 heterocycles. The molecule has 2 rings (SSSR count). The number of esters is 1. The standard InChI is InChI=1S/C23H30N2O6S/c1-8-25(9-2)22(27)19-14(5)17(23(28)31-13(3)4)21(32-19)24-20(26)18-15(29-6)11-10-12-16(18)30-7/h10-13H,8-9H2,1-7H3,(H,24,26). The van der Waals surface area contributed by atoms with Crippen LogP contribution < -0.4 is 14.8 Å². The van der Waals surface area contributed by atoms with Gasteiger partial charge < -0.3 is 24.4 Å². The third-order valence-electron chi connectivity index (χ3n) is 4.82. The predicted octanol–water partition coefficient (Wildman–Crippen LogP) is 4.37. The van der Waals surface area contributed by atoms with E-state index in [0.717, 1.165) is 11.3 Å². The van der Waals surface area contributed by atoms with Gasteiger partial charge in [-0.05, 0) is 52.3 Å². The van der Waals surface area contributed by atoms with Gasteiger partial charge in [-0.1, -0.05) is 6.07 Å². The minimum Gasteiger partial charge on any atom is -0.496 e. The maximum absolute atomic E-state index is 13.2. The molecule has 0 atom stereocenters. The van der Waals surface area contributed by atoms with Crippen LogP contribution >= 0.6 is 11.3 Å². The highest BCUT2D eigenvalue weighted by Crippen LogP contribution is 2.36. The van der Waals surface area contributed by atoms with Crippen LogP contribution in [0.5, 0.6) is 11.5 Å². The van der Waals surface area contributed by atoms with E-state index >= 15 is 0 Å². The summed E-state index contributed by atoms with van der Waals surface area (Å²) >= 11 is 1.05. The molecule has 0 aliphatic rings. The summed E-state index contributed by atoms with van der Waals surface area (Å²) in [4.78, 5) is 41.1. The monoisotopic (exact) mass is 462 g/mol. The Kier molecular flexibility index (Phi) is 8.65. The summed E-state index contributed by atoms with van der Waals surface area (Å²) in [5.74, 6) is -0.691. The number of ether oxygens (including phenoxy) is 3. The number of hydrogen-bond acceptors (Lipinski definition) is 7. The minimum atomic E-state index is -0.602. The fraction of sp³-hybridized carbons (Fsp3) is 0.435. The van der Waals surface area contributed by atoms with Gasteiger partial charge in [0.05, 0.1) is 30.8 Å². The maximum atomic E-state index is 13.2. The van der Waals surface area contributed by atoms with E-state index in [1.165, 1.54) is 14.2 Å². The van der Waals surface area contributed by atoms with Gasteiger partial charge in [0.15, 0.2) is 0 Å². The second-order valence-electron chi connectivity index (χ2n) is 7.18. The zero-order chi connectivity index (χ0) is 24.0. The molecule has 174 valence electrons. The molecule has 1 aromatic heterocycles. The lowest BCUT2D eigenvalue weighted by Gasteiger charge is -2.18. The van der Waals surface area contributed by atoms with E-state index in [0.29, 0.717) is 35.0 Å². The van der Waals surface area contributed by atoms with E-state index in [4.69, 9.17) is 14.2 Å². The van der Waals surface area contributed by atoms with Crippen molar-refractivity contribution in [3.63, 3.8) is 0 Å². The van der Waals surface area contributed by atoms with Gasteiger partial charge in [0, 0.05) is 13.1 Å². The Bertz CT molecular complexity index is 972. The van der Waals surface area contributed by atoms with Crippen molar-refractivity contribution in [2.75, 3.05) is 32.6 Å². The molecule has 1 aromatic carbocycles. The Morgan fingerprint density at radius 3 is 2.06 bits per heavy atom. The normalized spacial score (nSPS) is 10.6. The molecule has 0 bridgehead atoms. The lowest BCUT2D eigenvalue weighted by Crippen LogP contribution is -2.30. The molecule has 0 spiro atoms. The molecule has 0 radical (unpaired) electrons. The van der Waals surface area contributed by atoms with E-state index in [9.17, 15) is 14.4 Å². The molecule has 9 heteroatoms. The third-order valence-corrected chi connectivity index (χ3v) is 6.02. The molecular formula is C23H30N2O6S. The number of carbonyl (C=O) groups is 3. The fourth-order valence-electron chi connectivity index (χ4n) is 3.22. The predicted molar refractivity (Wildman–Crippen MR) is 124 cm³/mol. The van der Waals surface area contributed by atoms with Gasteiger partial charge in [0.1, 0.15) is 22.1 Å². The van der Waals surface area contributed by atoms with Crippen molar-refractivity contribution >= 4 is 34.1 Å². The first kappa shape index (κ1) is 25.2. The van der Waals surface area contributed by atoms with Crippen LogP contribution in [-0.2, 0) is 4.74 Å². The van der Waals surface area contributed by atoms with Gasteiger partial charge in [-0.3, -0.25) is 9.59 Å². The molecule has 2 aromatic rings. The molecule has 8 nitrogen and oxygen atoms in total. The number of thiophene rings is 1. The first-order valence-electron chi connectivity index (χ1n) is 10.4. The Balaban J connectivity index is 2.57. The van der Waals surface area contributed by atoms with Crippen LogP contribution in [0.15, 0.2) is 18.2 Å². The van der Waals surface area contributed by atoms with Gasteiger partial charge in [-0.15, -0.1) is 11.3 Å². The lowest BCUT2D eigenvalue weighted by molar-refractivity contribution is 0.0379.